The molecule has 3 rings (SSSR count). The number of carbonyl (C=O) groups is 2. The van der Waals surface area contributed by atoms with Gasteiger partial charge in [0.1, 0.15) is 0 Å². The number of hydrogen-bond donors (Lipinski definition) is 1. The molecule has 0 atom stereocenters. The smallest absolute Gasteiger partial charge is 0.222 e. The van der Waals surface area contributed by atoms with Gasteiger partial charge in [0.05, 0.1) is 0 Å². The Bertz CT molecular complexity index is 807. The third-order valence-electron chi connectivity index (χ3n) is 5.97. The van der Waals surface area contributed by atoms with Crippen LogP contribution in [0, 0.1) is 0 Å². The number of amides is 2. The topological polar surface area (TPSA) is 49.4 Å². The Hall–Kier alpha value is -2.62. The average Bonchev–Trinajstić information content (AvgIpc) is 2.77. The number of likely N-dealkylation sites (tertiary alicyclic amines) is 1. The van der Waals surface area contributed by atoms with Crippen molar-refractivity contribution in [1.29, 1.82) is 0 Å². The van der Waals surface area contributed by atoms with Crippen molar-refractivity contribution < 1.29 is 9.59 Å². The molecule has 0 radical (unpaired) electrons. The maximum absolute atomic E-state index is 12.6. The van der Waals surface area contributed by atoms with Crippen LogP contribution >= 0.6 is 0 Å². The van der Waals surface area contributed by atoms with Gasteiger partial charge in [-0.15, -0.1) is 0 Å². The Labute approximate surface area is 180 Å². The molecule has 1 aliphatic rings. The summed E-state index contributed by atoms with van der Waals surface area (Å²) in [5, 5.41) is 3.14. The van der Waals surface area contributed by atoms with Crippen LogP contribution in [0.25, 0.3) is 0 Å². The molecule has 30 heavy (non-hydrogen) atoms. The minimum absolute atomic E-state index is 0.105. The molecule has 0 saturated carbocycles. The van der Waals surface area contributed by atoms with E-state index >= 15 is 0 Å². The van der Waals surface area contributed by atoms with E-state index in [1.54, 1.807) is 0 Å². The van der Waals surface area contributed by atoms with E-state index in [1.165, 1.54) is 16.7 Å². The molecule has 2 amide bonds. The van der Waals surface area contributed by atoms with Gasteiger partial charge in [-0.3, -0.25) is 9.59 Å². The largest absolute Gasteiger partial charge is 0.353 e. The second-order valence-electron chi connectivity index (χ2n) is 8.60. The number of nitrogens with one attached hydrogen (secondary N) is 1. The molecule has 0 bridgehead atoms. The highest BCUT2D eigenvalue weighted by atomic mass is 16.2. The first-order valence-electron chi connectivity index (χ1n) is 11.2. The molecular formula is C26H34N2O2. The molecule has 4 heteroatoms. The van der Waals surface area contributed by atoms with Gasteiger partial charge in [-0.25, -0.2) is 0 Å². The lowest BCUT2D eigenvalue weighted by Crippen LogP contribution is -2.46. The highest BCUT2D eigenvalue weighted by Gasteiger charge is 2.23. The third kappa shape index (κ3) is 6.72. The molecule has 1 fully saturated rings. The van der Waals surface area contributed by atoms with Gasteiger partial charge in [0.15, 0.2) is 0 Å². The van der Waals surface area contributed by atoms with E-state index in [0.717, 1.165) is 38.8 Å². The van der Waals surface area contributed by atoms with Crippen LogP contribution < -0.4 is 5.32 Å². The van der Waals surface area contributed by atoms with E-state index in [-0.39, 0.29) is 17.9 Å². The van der Waals surface area contributed by atoms with Crippen LogP contribution in [0.3, 0.4) is 0 Å². The van der Waals surface area contributed by atoms with Crippen molar-refractivity contribution in [3.05, 3.63) is 71.3 Å². The molecule has 1 aliphatic heterocycles. The van der Waals surface area contributed by atoms with Crippen molar-refractivity contribution in [3.8, 4) is 0 Å². The molecule has 0 aromatic heterocycles. The molecule has 0 aliphatic carbocycles. The first-order valence-corrected chi connectivity index (χ1v) is 11.2. The van der Waals surface area contributed by atoms with E-state index in [2.05, 4.69) is 55.6 Å². The zero-order valence-electron chi connectivity index (χ0n) is 18.3. The lowest BCUT2D eigenvalue weighted by Gasteiger charge is -2.32. The van der Waals surface area contributed by atoms with E-state index in [0.29, 0.717) is 18.8 Å². The maximum Gasteiger partial charge on any atom is 0.222 e. The molecule has 2 aromatic rings. The summed E-state index contributed by atoms with van der Waals surface area (Å²) in [4.78, 5) is 26.8. The number of nitrogens with zero attached hydrogens (tertiary/aromatic N) is 1. The lowest BCUT2D eigenvalue weighted by molar-refractivity contribution is -0.132. The van der Waals surface area contributed by atoms with Gasteiger partial charge in [0, 0.05) is 32.0 Å². The minimum Gasteiger partial charge on any atom is -0.353 e. The van der Waals surface area contributed by atoms with Crippen molar-refractivity contribution in [1.82, 2.24) is 10.2 Å². The van der Waals surface area contributed by atoms with Crippen molar-refractivity contribution >= 4 is 11.8 Å². The van der Waals surface area contributed by atoms with Crippen molar-refractivity contribution in [2.24, 2.45) is 0 Å². The molecule has 1 heterocycles. The van der Waals surface area contributed by atoms with Crippen LogP contribution in [0.5, 0.6) is 0 Å². The van der Waals surface area contributed by atoms with Crippen LogP contribution in [0.4, 0.5) is 0 Å². The highest BCUT2D eigenvalue weighted by Crippen LogP contribution is 2.17. The predicted molar refractivity (Wildman–Crippen MR) is 121 cm³/mol. The molecule has 2 aromatic carbocycles. The van der Waals surface area contributed by atoms with Gasteiger partial charge < -0.3 is 10.2 Å². The van der Waals surface area contributed by atoms with Gasteiger partial charge in [-0.2, -0.15) is 0 Å². The number of aryl methyl sites for hydroxylation is 2. The summed E-state index contributed by atoms with van der Waals surface area (Å²) in [6.45, 7) is 5.84. The first kappa shape index (κ1) is 22.1. The molecule has 0 unspecified atom stereocenters. The van der Waals surface area contributed by atoms with Crippen LogP contribution in [0.2, 0.25) is 0 Å². The monoisotopic (exact) mass is 406 g/mol. The molecule has 160 valence electrons. The van der Waals surface area contributed by atoms with Gasteiger partial charge in [0.2, 0.25) is 11.8 Å². The number of piperidine rings is 1. The fourth-order valence-electron chi connectivity index (χ4n) is 3.95. The number of benzene rings is 2. The molecule has 1 saturated heterocycles. The van der Waals surface area contributed by atoms with Gasteiger partial charge in [0.25, 0.3) is 0 Å². The Morgan fingerprint density at radius 2 is 1.50 bits per heavy atom. The molecule has 1 N–H and O–H groups in total. The van der Waals surface area contributed by atoms with Gasteiger partial charge in [-0.05, 0) is 48.3 Å². The second kappa shape index (κ2) is 11.0. The summed E-state index contributed by atoms with van der Waals surface area (Å²) in [7, 11) is 0. The first-order chi connectivity index (χ1) is 14.5. The molecule has 4 nitrogen and oxygen atoms in total. The average molecular weight is 407 g/mol. The highest BCUT2D eigenvalue weighted by molar-refractivity contribution is 5.77. The summed E-state index contributed by atoms with van der Waals surface area (Å²) >= 11 is 0. The zero-order chi connectivity index (χ0) is 21.3. The summed E-state index contributed by atoms with van der Waals surface area (Å²) in [6.07, 6.45) is 4.29. The van der Waals surface area contributed by atoms with Crippen molar-refractivity contribution in [2.45, 2.75) is 64.3 Å². The molecular weight excluding hydrogens is 372 g/mol. The number of rotatable bonds is 8. The van der Waals surface area contributed by atoms with Crippen molar-refractivity contribution in [2.75, 3.05) is 13.1 Å². The Morgan fingerprint density at radius 1 is 0.900 bits per heavy atom. The van der Waals surface area contributed by atoms with Crippen LogP contribution in [-0.2, 0) is 22.4 Å². The predicted octanol–water partition coefficient (Wildman–Crippen LogP) is 4.48. The van der Waals surface area contributed by atoms with Crippen LogP contribution in [0.1, 0.15) is 62.1 Å². The fourth-order valence-corrected chi connectivity index (χ4v) is 3.95. The zero-order valence-corrected chi connectivity index (χ0v) is 18.3. The lowest BCUT2D eigenvalue weighted by atomic mass is 9.99. The second-order valence-corrected chi connectivity index (χ2v) is 8.60. The Morgan fingerprint density at radius 3 is 2.13 bits per heavy atom. The van der Waals surface area contributed by atoms with Crippen LogP contribution in [-0.4, -0.2) is 35.8 Å². The number of carbonyl (C=O) groups excluding carboxylic acids is 2. The normalized spacial score (nSPS) is 14.7. The Balaban J connectivity index is 1.35. The van der Waals surface area contributed by atoms with Gasteiger partial charge >= 0.3 is 0 Å². The fraction of sp³-hybridized carbons (Fsp3) is 0.462. The summed E-state index contributed by atoms with van der Waals surface area (Å²) in [6, 6.07) is 18.9. The third-order valence-corrected chi connectivity index (χ3v) is 5.97. The summed E-state index contributed by atoms with van der Waals surface area (Å²) < 4.78 is 0. The standard InChI is InChI=1S/C26H34N2O2/c1-20(2)23-12-8-22(9-13-23)11-15-26(30)28-18-16-24(17-19-28)27-25(29)14-10-21-6-4-3-5-7-21/h3-9,12-13,20,24H,10-11,14-19H2,1-2H3,(H,27,29). The summed E-state index contributed by atoms with van der Waals surface area (Å²) in [5.74, 6) is 0.853. The van der Waals surface area contributed by atoms with E-state index in [9.17, 15) is 9.59 Å². The van der Waals surface area contributed by atoms with E-state index in [1.807, 2.05) is 23.1 Å². The SMILES string of the molecule is CC(C)c1ccc(CCC(=O)N2CCC(NC(=O)CCc3ccccc3)CC2)cc1. The maximum atomic E-state index is 12.6. The minimum atomic E-state index is 0.105. The quantitative estimate of drug-likeness (QED) is 0.703. The van der Waals surface area contributed by atoms with Crippen LogP contribution in [0.15, 0.2) is 54.6 Å². The van der Waals surface area contributed by atoms with Crippen molar-refractivity contribution in [3.63, 3.8) is 0 Å². The number of hydrogen-bond acceptors (Lipinski definition) is 2. The Kier molecular flexibility index (Phi) is 8.06. The van der Waals surface area contributed by atoms with E-state index in [4.69, 9.17) is 0 Å². The van der Waals surface area contributed by atoms with Gasteiger partial charge in [-0.1, -0.05) is 68.4 Å². The summed E-state index contributed by atoms with van der Waals surface area (Å²) in [5.41, 5.74) is 3.73. The molecule has 0 spiro atoms. The van der Waals surface area contributed by atoms with E-state index < -0.39 is 0 Å².